The summed E-state index contributed by atoms with van der Waals surface area (Å²) in [6.45, 7) is 4.71. The molecule has 1 fully saturated rings. The highest BCUT2D eigenvalue weighted by molar-refractivity contribution is 7.99. The van der Waals surface area contributed by atoms with E-state index in [1.807, 2.05) is 11.8 Å². The minimum Gasteiger partial charge on any atom is -0.352 e. The molecule has 0 radical (unpaired) electrons. The van der Waals surface area contributed by atoms with E-state index in [-0.39, 0.29) is 11.8 Å². The number of carbonyl (C=O) groups excluding carboxylic acids is 1. The van der Waals surface area contributed by atoms with Gasteiger partial charge in [0.15, 0.2) is 0 Å². The molecule has 2 unspecified atom stereocenters. The number of amides is 1. The van der Waals surface area contributed by atoms with Crippen LogP contribution in [0.3, 0.4) is 0 Å². The molecule has 3 N–H and O–H groups in total. The maximum Gasteiger partial charge on any atom is 0.224 e. The maximum atomic E-state index is 11.9. The number of rotatable bonds is 5. The SMILES string of the molecule is CC(C)CC(CN)C(=O)NC1CCSC1. The van der Waals surface area contributed by atoms with Crippen LogP contribution in [0.15, 0.2) is 0 Å². The summed E-state index contributed by atoms with van der Waals surface area (Å²) in [6.07, 6.45) is 2.00. The summed E-state index contributed by atoms with van der Waals surface area (Å²) in [4.78, 5) is 11.9. The van der Waals surface area contributed by atoms with Crippen molar-refractivity contribution in [3.8, 4) is 0 Å². The highest BCUT2D eigenvalue weighted by Crippen LogP contribution is 2.18. The number of hydrogen-bond acceptors (Lipinski definition) is 3. The molecule has 88 valence electrons. The Morgan fingerprint density at radius 2 is 2.33 bits per heavy atom. The van der Waals surface area contributed by atoms with Gasteiger partial charge < -0.3 is 11.1 Å². The van der Waals surface area contributed by atoms with Crippen molar-refractivity contribution in [3.63, 3.8) is 0 Å². The minimum atomic E-state index is -0.00407. The summed E-state index contributed by atoms with van der Waals surface area (Å²) in [5.41, 5.74) is 5.63. The fraction of sp³-hybridized carbons (Fsp3) is 0.909. The molecule has 1 amide bonds. The van der Waals surface area contributed by atoms with Crippen molar-refractivity contribution in [3.05, 3.63) is 0 Å². The third kappa shape index (κ3) is 4.43. The zero-order valence-corrected chi connectivity index (χ0v) is 10.5. The van der Waals surface area contributed by atoms with Crippen molar-refractivity contribution in [1.29, 1.82) is 0 Å². The van der Waals surface area contributed by atoms with Crippen LogP contribution in [0.1, 0.15) is 26.7 Å². The summed E-state index contributed by atoms with van der Waals surface area (Å²) in [5, 5.41) is 3.10. The lowest BCUT2D eigenvalue weighted by atomic mass is 9.96. The molecule has 1 saturated heterocycles. The number of carbonyl (C=O) groups is 1. The number of hydrogen-bond donors (Lipinski definition) is 2. The molecule has 1 aliphatic rings. The van der Waals surface area contributed by atoms with E-state index in [4.69, 9.17) is 5.73 Å². The van der Waals surface area contributed by atoms with Gasteiger partial charge in [0.2, 0.25) is 5.91 Å². The Morgan fingerprint density at radius 3 is 2.80 bits per heavy atom. The zero-order chi connectivity index (χ0) is 11.3. The molecule has 0 bridgehead atoms. The molecule has 0 aromatic carbocycles. The molecule has 1 aliphatic heterocycles. The van der Waals surface area contributed by atoms with Gasteiger partial charge in [-0.1, -0.05) is 13.8 Å². The normalized spacial score (nSPS) is 23.1. The third-order valence-corrected chi connectivity index (χ3v) is 3.85. The molecule has 1 rings (SSSR count). The predicted octanol–water partition coefficient (Wildman–Crippen LogP) is 1.23. The lowest BCUT2D eigenvalue weighted by molar-refractivity contribution is -0.125. The van der Waals surface area contributed by atoms with E-state index in [2.05, 4.69) is 19.2 Å². The van der Waals surface area contributed by atoms with Crippen LogP contribution in [0.25, 0.3) is 0 Å². The fourth-order valence-corrected chi connectivity index (χ4v) is 3.00. The van der Waals surface area contributed by atoms with Gasteiger partial charge in [0.05, 0.1) is 5.92 Å². The van der Waals surface area contributed by atoms with E-state index in [1.54, 1.807) is 0 Å². The van der Waals surface area contributed by atoms with Crippen molar-refractivity contribution < 1.29 is 4.79 Å². The van der Waals surface area contributed by atoms with E-state index < -0.39 is 0 Å². The third-order valence-electron chi connectivity index (χ3n) is 2.69. The van der Waals surface area contributed by atoms with Crippen LogP contribution in [0, 0.1) is 11.8 Å². The summed E-state index contributed by atoms with van der Waals surface area (Å²) >= 11 is 1.91. The summed E-state index contributed by atoms with van der Waals surface area (Å²) in [7, 11) is 0. The fourth-order valence-electron chi connectivity index (χ4n) is 1.85. The Bertz CT molecular complexity index is 203. The van der Waals surface area contributed by atoms with Crippen LogP contribution in [-0.4, -0.2) is 30.0 Å². The lowest BCUT2D eigenvalue weighted by Crippen LogP contribution is -2.41. The first kappa shape index (κ1) is 12.8. The molecular formula is C11H22N2OS. The second kappa shape index (κ2) is 6.38. The molecule has 0 saturated carbocycles. The average Bonchev–Trinajstić information content (AvgIpc) is 2.66. The highest BCUT2D eigenvalue weighted by atomic mass is 32.2. The predicted molar refractivity (Wildman–Crippen MR) is 65.9 cm³/mol. The lowest BCUT2D eigenvalue weighted by Gasteiger charge is -2.19. The van der Waals surface area contributed by atoms with E-state index >= 15 is 0 Å². The zero-order valence-electron chi connectivity index (χ0n) is 9.66. The van der Waals surface area contributed by atoms with Gasteiger partial charge in [0, 0.05) is 18.3 Å². The standard InChI is InChI=1S/C11H22N2OS/c1-8(2)5-9(6-12)11(14)13-10-3-4-15-7-10/h8-10H,3-7,12H2,1-2H3,(H,13,14). The number of nitrogens with two attached hydrogens (primary N) is 1. The maximum absolute atomic E-state index is 11.9. The van der Waals surface area contributed by atoms with E-state index in [0.29, 0.717) is 18.5 Å². The molecule has 0 aromatic rings. The van der Waals surface area contributed by atoms with Crippen LogP contribution in [0.4, 0.5) is 0 Å². The Morgan fingerprint density at radius 1 is 1.60 bits per heavy atom. The quantitative estimate of drug-likeness (QED) is 0.747. The topological polar surface area (TPSA) is 55.1 Å². The number of thioether (sulfide) groups is 1. The van der Waals surface area contributed by atoms with Crippen LogP contribution in [0.5, 0.6) is 0 Å². The van der Waals surface area contributed by atoms with Crippen molar-refractivity contribution in [2.45, 2.75) is 32.7 Å². The summed E-state index contributed by atoms with van der Waals surface area (Å²) < 4.78 is 0. The van der Waals surface area contributed by atoms with Crippen LogP contribution < -0.4 is 11.1 Å². The Hall–Kier alpha value is -0.220. The van der Waals surface area contributed by atoms with Gasteiger partial charge in [0.25, 0.3) is 0 Å². The molecule has 0 spiro atoms. The molecule has 0 aromatic heterocycles. The molecule has 15 heavy (non-hydrogen) atoms. The van der Waals surface area contributed by atoms with Gasteiger partial charge in [0.1, 0.15) is 0 Å². The van der Waals surface area contributed by atoms with Gasteiger partial charge >= 0.3 is 0 Å². The second-order valence-electron chi connectivity index (χ2n) is 4.63. The van der Waals surface area contributed by atoms with Gasteiger partial charge in [-0.05, 0) is 24.5 Å². The molecule has 0 aliphatic carbocycles. The molecule has 1 heterocycles. The first-order valence-corrected chi connectivity index (χ1v) is 6.87. The largest absolute Gasteiger partial charge is 0.352 e. The summed E-state index contributed by atoms with van der Waals surface area (Å²) in [6, 6.07) is 0.378. The second-order valence-corrected chi connectivity index (χ2v) is 5.78. The van der Waals surface area contributed by atoms with Crippen LogP contribution >= 0.6 is 11.8 Å². The molecule has 2 atom stereocenters. The Balaban J connectivity index is 2.34. The monoisotopic (exact) mass is 230 g/mol. The van der Waals surface area contributed by atoms with Crippen molar-refractivity contribution in [2.75, 3.05) is 18.1 Å². The van der Waals surface area contributed by atoms with Crippen molar-refractivity contribution >= 4 is 17.7 Å². The van der Waals surface area contributed by atoms with E-state index in [0.717, 1.165) is 18.6 Å². The summed E-state index contributed by atoms with van der Waals surface area (Å²) in [5.74, 6) is 2.91. The van der Waals surface area contributed by atoms with Gasteiger partial charge in [-0.2, -0.15) is 11.8 Å². The smallest absolute Gasteiger partial charge is 0.224 e. The Labute approximate surface area is 96.6 Å². The Kier molecular flexibility index (Phi) is 5.47. The molecule has 4 heteroatoms. The first-order valence-electron chi connectivity index (χ1n) is 5.71. The van der Waals surface area contributed by atoms with Crippen LogP contribution in [-0.2, 0) is 4.79 Å². The van der Waals surface area contributed by atoms with Gasteiger partial charge in [-0.25, -0.2) is 0 Å². The van der Waals surface area contributed by atoms with Crippen LogP contribution in [0.2, 0.25) is 0 Å². The van der Waals surface area contributed by atoms with Gasteiger partial charge in [-0.3, -0.25) is 4.79 Å². The van der Waals surface area contributed by atoms with Gasteiger partial charge in [-0.15, -0.1) is 0 Å². The minimum absolute atomic E-state index is 0.00407. The number of nitrogens with one attached hydrogen (secondary N) is 1. The van der Waals surface area contributed by atoms with E-state index in [9.17, 15) is 4.79 Å². The average molecular weight is 230 g/mol. The molecular weight excluding hydrogens is 208 g/mol. The van der Waals surface area contributed by atoms with Crippen molar-refractivity contribution in [1.82, 2.24) is 5.32 Å². The van der Waals surface area contributed by atoms with E-state index in [1.165, 1.54) is 5.75 Å². The molecule has 3 nitrogen and oxygen atoms in total. The van der Waals surface area contributed by atoms with Crippen molar-refractivity contribution in [2.24, 2.45) is 17.6 Å². The first-order chi connectivity index (χ1) is 7.13. The highest BCUT2D eigenvalue weighted by Gasteiger charge is 2.23.